The molecule has 32 heavy (non-hydrogen) atoms. The second-order valence-corrected chi connectivity index (χ2v) is 10.5. The second-order valence-electron chi connectivity index (χ2n) is 7.28. The van der Waals surface area contributed by atoms with Crippen molar-refractivity contribution in [2.75, 3.05) is 11.4 Å². The van der Waals surface area contributed by atoms with Gasteiger partial charge in [0.1, 0.15) is 5.75 Å². The third-order valence-corrected chi connectivity index (χ3v) is 7.49. The predicted octanol–water partition coefficient (Wildman–Crippen LogP) is 5.70. The fourth-order valence-electron chi connectivity index (χ4n) is 3.53. The second kappa shape index (κ2) is 8.95. The first-order valence-electron chi connectivity index (χ1n) is 9.84. The number of benzene rings is 3. The van der Waals surface area contributed by atoms with E-state index in [1.165, 1.54) is 4.31 Å². The monoisotopic (exact) mass is 559 g/mol. The highest BCUT2D eigenvalue weighted by molar-refractivity contribution is 14.1. The average molecular weight is 559 g/mol. The lowest BCUT2D eigenvalue weighted by Gasteiger charge is -2.33. The van der Waals surface area contributed by atoms with Gasteiger partial charge in [0.2, 0.25) is 0 Å². The Hall–Kier alpha value is -2.85. The molecule has 0 aliphatic rings. The van der Waals surface area contributed by atoms with Crippen LogP contribution in [0.3, 0.4) is 0 Å². The van der Waals surface area contributed by atoms with Crippen molar-refractivity contribution in [3.8, 4) is 5.75 Å². The highest BCUT2D eigenvalue weighted by atomic mass is 127. The van der Waals surface area contributed by atoms with Gasteiger partial charge in [0.25, 0.3) is 10.0 Å². The molecule has 1 aromatic heterocycles. The van der Waals surface area contributed by atoms with Crippen molar-refractivity contribution >= 4 is 49.3 Å². The zero-order valence-corrected chi connectivity index (χ0v) is 20.6. The average Bonchev–Trinajstić information content (AvgIpc) is 3.20. The molecule has 0 N–H and O–H groups in total. The summed E-state index contributed by atoms with van der Waals surface area (Å²) in [6.07, 6.45) is 0.889. The quantitative estimate of drug-likeness (QED) is 0.273. The molecule has 0 saturated heterocycles. The van der Waals surface area contributed by atoms with E-state index in [0.29, 0.717) is 15.0 Å². The van der Waals surface area contributed by atoms with Crippen LogP contribution in [0, 0.1) is 6.92 Å². The van der Waals surface area contributed by atoms with Gasteiger partial charge >= 0.3 is 0 Å². The van der Waals surface area contributed by atoms with Crippen LogP contribution in [-0.2, 0) is 10.0 Å². The number of nitrogens with zero attached hydrogens (tertiary/aromatic N) is 3. The number of anilines is 1. The molecule has 1 atom stereocenters. The molecular weight excluding hydrogens is 537 g/mol. The lowest BCUT2D eigenvalue weighted by Crippen LogP contribution is -2.38. The maximum atomic E-state index is 14.0. The first-order chi connectivity index (χ1) is 15.3. The lowest BCUT2D eigenvalue weighted by molar-refractivity contribution is 0.415. The predicted molar refractivity (Wildman–Crippen MR) is 136 cm³/mol. The minimum Gasteiger partial charge on any atom is -0.497 e. The Morgan fingerprint density at radius 3 is 2.41 bits per heavy atom. The Labute approximate surface area is 201 Å². The van der Waals surface area contributed by atoms with Crippen LogP contribution in [0.2, 0.25) is 0 Å². The molecule has 0 aliphatic heterocycles. The van der Waals surface area contributed by atoms with E-state index in [4.69, 9.17) is 4.74 Å². The first-order valence-corrected chi connectivity index (χ1v) is 12.4. The number of ether oxygens (including phenoxy) is 1. The van der Waals surface area contributed by atoms with Crippen molar-refractivity contribution in [1.29, 1.82) is 0 Å². The Balaban J connectivity index is 1.97. The van der Waals surface area contributed by atoms with Gasteiger partial charge < -0.3 is 9.30 Å². The highest BCUT2D eigenvalue weighted by Gasteiger charge is 2.35. The Morgan fingerprint density at radius 1 is 1.09 bits per heavy atom. The van der Waals surface area contributed by atoms with Crippen LogP contribution in [0.5, 0.6) is 5.75 Å². The largest absolute Gasteiger partial charge is 0.497 e. The van der Waals surface area contributed by atoms with Crippen LogP contribution in [0.15, 0.2) is 94.2 Å². The summed E-state index contributed by atoms with van der Waals surface area (Å²) in [7, 11) is -2.35. The minimum absolute atomic E-state index is 0.205. The van der Waals surface area contributed by atoms with Crippen molar-refractivity contribution in [2.45, 2.75) is 18.0 Å². The van der Waals surface area contributed by atoms with Gasteiger partial charge in [0, 0.05) is 9.65 Å². The molecule has 164 valence electrons. The molecule has 0 fully saturated rings. The van der Waals surface area contributed by atoms with Gasteiger partial charge in [0.05, 0.1) is 35.1 Å². The van der Waals surface area contributed by atoms with E-state index in [-0.39, 0.29) is 4.90 Å². The van der Waals surface area contributed by atoms with E-state index in [9.17, 15) is 8.42 Å². The van der Waals surface area contributed by atoms with Crippen LogP contribution >= 0.6 is 22.6 Å². The number of sulfonamides is 1. The number of hydrogen-bond donors (Lipinski definition) is 0. The summed E-state index contributed by atoms with van der Waals surface area (Å²) in [6, 6.07) is 21.4. The van der Waals surface area contributed by atoms with E-state index >= 15 is 0 Å². The number of hydrogen-bond acceptors (Lipinski definition) is 4. The van der Waals surface area contributed by atoms with Gasteiger partial charge in [-0.1, -0.05) is 42.5 Å². The molecule has 0 spiro atoms. The first kappa shape index (κ1) is 22.3. The standard InChI is InChI=1S/C24H22IN3O3S/c1-17-9-12-21(13-10-17)32(29,30)28(19-7-5-4-6-8-19)24(18(2)25)27-16-26-22-14-11-20(31-3)15-23(22)27/h4-16,24H,2H2,1,3H3/t24-/m1/s1. The summed E-state index contributed by atoms with van der Waals surface area (Å²) in [5.41, 5.74) is 2.99. The van der Waals surface area contributed by atoms with E-state index in [1.54, 1.807) is 49.8 Å². The molecule has 0 bridgehead atoms. The Bertz CT molecular complexity index is 1370. The number of aromatic nitrogens is 2. The van der Waals surface area contributed by atoms with Crippen molar-refractivity contribution in [1.82, 2.24) is 9.55 Å². The molecule has 0 radical (unpaired) electrons. The summed E-state index contributed by atoms with van der Waals surface area (Å²) < 4.78 is 37.1. The van der Waals surface area contributed by atoms with Gasteiger partial charge in [-0.2, -0.15) is 0 Å². The fourth-order valence-corrected chi connectivity index (χ4v) is 5.89. The highest BCUT2D eigenvalue weighted by Crippen LogP contribution is 2.38. The molecule has 0 aliphatic carbocycles. The molecular formula is C24H22IN3O3S. The maximum absolute atomic E-state index is 14.0. The van der Waals surface area contributed by atoms with E-state index in [1.807, 2.05) is 47.9 Å². The number of fused-ring (bicyclic) bond motifs is 1. The Kier molecular flexibility index (Phi) is 6.25. The van der Waals surface area contributed by atoms with Crippen molar-refractivity contribution in [3.63, 3.8) is 0 Å². The molecule has 1 heterocycles. The van der Waals surface area contributed by atoms with Crippen molar-refractivity contribution in [3.05, 3.63) is 94.8 Å². The van der Waals surface area contributed by atoms with E-state index < -0.39 is 16.2 Å². The minimum atomic E-state index is -3.94. The molecule has 6 nitrogen and oxygen atoms in total. The summed E-state index contributed by atoms with van der Waals surface area (Å²) in [5, 5.41) is 0. The van der Waals surface area contributed by atoms with E-state index in [0.717, 1.165) is 16.6 Å². The summed E-state index contributed by atoms with van der Waals surface area (Å²) in [4.78, 5) is 4.69. The molecule has 0 saturated carbocycles. The molecule has 4 aromatic rings. The van der Waals surface area contributed by atoms with E-state index in [2.05, 4.69) is 34.2 Å². The smallest absolute Gasteiger partial charge is 0.266 e. The van der Waals surface area contributed by atoms with Crippen LogP contribution in [0.4, 0.5) is 5.69 Å². The van der Waals surface area contributed by atoms with Crippen molar-refractivity contribution in [2.24, 2.45) is 0 Å². The fraction of sp³-hybridized carbons (Fsp3) is 0.125. The third kappa shape index (κ3) is 4.12. The SMILES string of the molecule is C=C(I)[C@@H](N(c1ccccc1)S(=O)(=O)c1ccc(C)cc1)n1cnc2ccc(OC)cc21. The van der Waals surface area contributed by atoms with Gasteiger partial charge in [0.15, 0.2) is 6.17 Å². The number of rotatable bonds is 7. The number of halogens is 1. The number of methoxy groups -OCH3 is 1. The van der Waals surface area contributed by atoms with Gasteiger partial charge in [-0.25, -0.2) is 17.7 Å². The van der Waals surface area contributed by atoms with Crippen LogP contribution in [0.25, 0.3) is 11.0 Å². The van der Waals surface area contributed by atoms with Crippen LogP contribution < -0.4 is 9.04 Å². The molecule has 0 amide bonds. The Morgan fingerprint density at radius 2 is 1.78 bits per heavy atom. The molecule has 3 aromatic carbocycles. The number of imidazole rings is 1. The zero-order valence-electron chi connectivity index (χ0n) is 17.6. The topological polar surface area (TPSA) is 64.4 Å². The maximum Gasteiger partial charge on any atom is 0.266 e. The molecule has 4 rings (SSSR count). The van der Waals surface area contributed by atoms with Crippen LogP contribution in [0.1, 0.15) is 11.7 Å². The third-order valence-electron chi connectivity index (χ3n) is 5.14. The van der Waals surface area contributed by atoms with Gasteiger partial charge in [-0.05, 0) is 65.9 Å². The number of aryl methyl sites for hydroxylation is 1. The lowest BCUT2D eigenvalue weighted by atomic mass is 10.2. The summed E-state index contributed by atoms with van der Waals surface area (Å²) in [6.45, 7) is 6.05. The van der Waals surface area contributed by atoms with Gasteiger partial charge in [-0.3, -0.25) is 0 Å². The summed E-state index contributed by atoms with van der Waals surface area (Å²) in [5.74, 6) is 0.657. The summed E-state index contributed by atoms with van der Waals surface area (Å²) >= 11 is 2.08. The number of para-hydroxylation sites is 1. The normalized spacial score (nSPS) is 12.5. The van der Waals surface area contributed by atoms with Crippen molar-refractivity contribution < 1.29 is 13.2 Å². The van der Waals surface area contributed by atoms with Gasteiger partial charge in [-0.15, -0.1) is 0 Å². The molecule has 8 heteroatoms. The van der Waals surface area contributed by atoms with Crippen LogP contribution in [-0.4, -0.2) is 25.1 Å². The molecule has 0 unspecified atom stereocenters. The zero-order chi connectivity index (χ0) is 22.9.